The largest absolute Gasteiger partial charge is 0.378 e. The minimum Gasteiger partial charge on any atom is -0.378 e. The highest BCUT2D eigenvalue weighted by Crippen LogP contribution is 2.29. The van der Waals surface area contributed by atoms with E-state index < -0.39 is 0 Å². The summed E-state index contributed by atoms with van der Waals surface area (Å²) < 4.78 is 21.9. The molecule has 1 aromatic carbocycles. The number of ether oxygens (including phenoxy) is 1. The minimum absolute atomic E-state index is 0.219. The van der Waals surface area contributed by atoms with E-state index in [9.17, 15) is 4.39 Å². The lowest BCUT2D eigenvalue weighted by Gasteiger charge is -2.14. The lowest BCUT2D eigenvalue weighted by molar-refractivity contribution is 0.100. The van der Waals surface area contributed by atoms with Gasteiger partial charge in [0, 0.05) is 19.2 Å². The molecule has 2 aromatic rings. The van der Waals surface area contributed by atoms with Crippen molar-refractivity contribution >= 4 is 38.6 Å². The third-order valence-electron chi connectivity index (χ3n) is 3.87. The molecule has 1 saturated heterocycles. The van der Waals surface area contributed by atoms with Gasteiger partial charge in [0.15, 0.2) is 0 Å². The van der Waals surface area contributed by atoms with Gasteiger partial charge in [0.25, 0.3) is 0 Å². The number of imidazole rings is 1. The van der Waals surface area contributed by atoms with Crippen molar-refractivity contribution in [2.24, 2.45) is 0 Å². The van der Waals surface area contributed by atoms with E-state index in [4.69, 9.17) is 16.3 Å². The highest BCUT2D eigenvalue weighted by atomic mass is 79.9. The van der Waals surface area contributed by atoms with Gasteiger partial charge in [0.1, 0.15) is 11.6 Å². The Hall–Kier alpha value is -0.650. The van der Waals surface area contributed by atoms with Gasteiger partial charge in [-0.05, 0) is 48.2 Å². The maximum atomic E-state index is 13.7. The Morgan fingerprint density at radius 2 is 2.38 bits per heavy atom. The van der Waals surface area contributed by atoms with Crippen LogP contribution in [0.2, 0.25) is 0 Å². The number of aryl methyl sites for hydroxylation is 1. The number of benzene rings is 1. The number of rotatable bonds is 4. The lowest BCUT2D eigenvalue weighted by atomic mass is 10.2. The van der Waals surface area contributed by atoms with Crippen LogP contribution < -0.4 is 0 Å². The molecule has 21 heavy (non-hydrogen) atoms. The zero-order chi connectivity index (χ0) is 15.0. The average Bonchev–Trinajstić information content (AvgIpc) is 3.05. The molecule has 0 radical (unpaired) electrons. The first kappa shape index (κ1) is 15.3. The highest BCUT2D eigenvalue weighted by molar-refractivity contribution is 9.10. The summed E-state index contributed by atoms with van der Waals surface area (Å²) in [5.74, 6) is 0.474. The van der Waals surface area contributed by atoms with Gasteiger partial charge >= 0.3 is 0 Å². The molecule has 0 spiro atoms. The van der Waals surface area contributed by atoms with Crippen LogP contribution in [0.25, 0.3) is 11.0 Å². The Kier molecular flexibility index (Phi) is 4.52. The molecule has 1 fully saturated rings. The molecule has 1 aliphatic heterocycles. The molecule has 6 heteroatoms. The number of fused-ring (bicyclic) bond motifs is 1. The van der Waals surface area contributed by atoms with Crippen molar-refractivity contribution in [3.63, 3.8) is 0 Å². The van der Waals surface area contributed by atoms with Gasteiger partial charge < -0.3 is 9.30 Å². The predicted octanol–water partition coefficient (Wildman–Crippen LogP) is 4.81. The molecule has 0 amide bonds. The fraction of sp³-hybridized carbons (Fsp3) is 0.533. The van der Waals surface area contributed by atoms with Gasteiger partial charge in [0.05, 0.1) is 27.0 Å². The van der Waals surface area contributed by atoms with Crippen LogP contribution in [0.3, 0.4) is 0 Å². The molecule has 2 heterocycles. The third kappa shape index (κ3) is 3.10. The normalized spacial score (nSPS) is 20.3. The summed E-state index contributed by atoms with van der Waals surface area (Å²) in [5.41, 5.74) is 1.55. The molecule has 1 aromatic heterocycles. The Bertz CT molecular complexity index is 653. The van der Waals surface area contributed by atoms with E-state index in [1.807, 2.05) is 6.92 Å². The van der Waals surface area contributed by atoms with E-state index in [1.54, 1.807) is 6.07 Å². The molecule has 2 unspecified atom stereocenters. The molecule has 114 valence electrons. The van der Waals surface area contributed by atoms with Gasteiger partial charge in [-0.1, -0.05) is 0 Å². The SMILES string of the molecule is CC(Cl)c1nc2cc(F)c(Br)cc2n1CCC1CCCO1. The molecule has 3 rings (SSSR count). The molecular formula is C15H17BrClFN2O. The monoisotopic (exact) mass is 374 g/mol. The maximum absolute atomic E-state index is 13.7. The summed E-state index contributed by atoms with van der Waals surface area (Å²) in [6.45, 7) is 3.52. The van der Waals surface area contributed by atoms with Crippen molar-refractivity contribution in [1.82, 2.24) is 9.55 Å². The number of halogens is 3. The molecule has 1 aliphatic rings. The van der Waals surface area contributed by atoms with Crippen molar-refractivity contribution < 1.29 is 9.13 Å². The van der Waals surface area contributed by atoms with Gasteiger partial charge in [-0.25, -0.2) is 9.37 Å². The van der Waals surface area contributed by atoms with Crippen LogP contribution in [0.15, 0.2) is 16.6 Å². The molecule has 0 N–H and O–H groups in total. The second-order valence-corrected chi connectivity index (χ2v) is 6.93. The van der Waals surface area contributed by atoms with Crippen LogP contribution >= 0.6 is 27.5 Å². The van der Waals surface area contributed by atoms with Gasteiger partial charge in [-0.3, -0.25) is 0 Å². The van der Waals surface area contributed by atoms with E-state index >= 15 is 0 Å². The van der Waals surface area contributed by atoms with Crippen LogP contribution in [-0.4, -0.2) is 22.3 Å². The Morgan fingerprint density at radius 3 is 3.05 bits per heavy atom. The van der Waals surface area contributed by atoms with Crippen LogP contribution in [0, 0.1) is 5.82 Å². The van der Waals surface area contributed by atoms with Crippen molar-refractivity contribution in [3.05, 3.63) is 28.2 Å². The standard InChI is InChI=1S/C15H17BrClFN2O/c1-9(17)15-19-13-8-12(18)11(16)7-14(13)20(15)5-4-10-3-2-6-21-10/h7-10H,2-6H2,1H3. The third-order valence-corrected chi connectivity index (χ3v) is 4.68. The molecule has 0 saturated carbocycles. The molecule has 0 aliphatic carbocycles. The quantitative estimate of drug-likeness (QED) is 0.717. The van der Waals surface area contributed by atoms with E-state index in [2.05, 4.69) is 25.5 Å². The first-order valence-corrected chi connectivity index (χ1v) is 8.40. The lowest BCUT2D eigenvalue weighted by Crippen LogP contribution is -2.12. The highest BCUT2D eigenvalue weighted by Gasteiger charge is 2.20. The summed E-state index contributed by atoms with van der Waals surface area (Å²) in [7, 11) is 0. The summed E-state index contributed by atoms with van der Waals surface area (Å²) in [4.78, 5) is 4.49. The maximum Gasteiger partial charge on any atom is 0.139 e. The molecular weight excluding hydrogens is 359 g/mol. The van der Waals surface area contributed by atoms with Crippen molar-refractivity contribution in [3.8, 4) is 0 Å². The molecule has 3 nitrogen and oxygen atoms in total. The van der Waals surface area contributed by atoms with Crippen LogP contribution in [0.1, 0.15) is 37.4 Å². The van der Waals surface area contributed by atoms with Gasteiger partial charge in [-0.15, -0.1) is 11.6 Å². The van der Waals surface area contributed by atoms with Crippen LogP contribution in [0.4, 0.5) is 4.39 Å². The van der Waals surface area contributed by atoms with Crippen LogP contribution in [-0.2, 0) is 11.3 Å². The second kappa shape index (κ2) is 6.23. The number of aromatic nitrogens is 2. The first-order chi connectivity index (χ1) is 10.1. The minimum atomic E-state index is -0.306. The summed E-state index contributed by atoms with van der Waals surface area (Å²) in [6.07, 6.45) is 3.48. The Morgan fingerprint density at radius 1 is 1.57 bits per heavy atom. The molecule has 2 atom stereocenters. The van der Waals surface area contributed by atoms with Crippen molar-refractivity contribution in [2.45, 2.75) is 44.2 Å². The van der Waals surface area contributed by atoms with E-state index in [0.717, 1.165) is 43.8 Å². The summed E-state index contributed by atoms with van der Waals surface area (Å²) in [5, 5.41) is -0.219. The number of hydrogen-bond acceptors (Lipinski definition) is 2. The van der Waals surface area contributed by atoms with E-state index in [0.29, 0.717) is 16.1 Å². The molecule has 0 bridgehead atoms. The first-order valence-electron chi connectivity index (χ1n) is 7.17. The fourth-order valence-electron chi connectivity index (χ4n) is 2.82. The van der Waals surface area contributed by atoms with Crippen LogP contribution in [0.5, 0.6) is 0 Å². The van der Waals surface area contributed by atoms with E-state index in [-0.39, 0.29) is 11.2 Å². The number of alkyl halides is 1. The smallest absolute Gasteiger partial charge is 0.139 e. The van der Waals surface area contributed by atoms with Gasteiger partial charge in [-0.2, -0.15) is 0 Å². The topological polar surface area (TPSA) is 27.1 Å². The summed E-state index contributed by atoms with van der Waals surface area (Å²) >= 11 is 9.48. The zero-order valence-corrected chi connectivity index (χ0v) is 14.1. The van der Waals surface area contributed by atoms with E-state index in [1.165, 1.54) is 6.07 Å². The Balaban J connectivity index is 1.96. The van der Waals surface area contributed by atoms with Gasteiger partial charge in [0.2, 0.25) is 0 Å². The number of hydrogen-bond donors (Lipinski definition) is 0. The average molecular weight is 376 g/mol. The zero-order valence-electron chi connectivity index (χ0n) is 11.8. The Labute approximate surface area is 136 Å². The van der Waals surface area contributed by atoms with Crippen molar-refractivity contribution in [1.29, 1.82) is 0 Å². The predicted molar refractivity (Wildman–Crippen MR) is 85.3 cm³/mol. The fourth-order valence-corrected chi connectivity index (χ4v) is 3.32. The van der Waals surface area contributed by atoms with Crippen molar-refractivity contribution in [2.75, 3.05) is 6.61 Å². The number of nitrogens with zero attached hydrogens (tertiary/aromatic N) is 2. The summed E-state index contributed by atoms with van der Waals surface area (Å²) in [6, 6.07) is 3.22. The second-order valence-electron chi connectivity index (χ2n) is 5.42.